The van der Waals surface area contributed by atoms with Crippen LogP contribution in [0.15, 0.2) is 55.2 Å². The number of benzene rings is 1. The minimum Gasteiger partial charge on any atom is -0.452 e. The van der Waals surface area contributed by atoms with Gasteiger partial charge in [-0.2, -0.15) is 10.2 Å². The molecule has 1 aromatic carbocycles. The number of aryl methyl sites for hydroxylation is 2. The number of carbonyl (C=O) groups is 2. The van der Waals surface area contributed by atoms with Gasteiger partial charge in [-0.25, -0.2) is 24.1 Å². The summed E-state index contributed by atoms with van der Waals surface area (Å²) in [6.45, 7) is 3.32. The first-order valence-corrected chi connectivity index (χ1v) is 9.90. The van der Waals surface area contributed by atoms with Crippen LogP contribution in [0.4, 0.5) is 5.69 Å². The van der Waals surface area contributed by atoms with Gasteiger partial charge in [0.25, 0.3) is 5.91 Å². The number of amides is 1. The summed E-state index contributed by atoms with van der Waals surface area (Å²) in [5.74, 6) is -0.629. The van der Waals surface area contributed by atoms with Gasteiger partial charge in [-0.15, -0.1) is 0 Å². The summed E-state index contributed by atoms with van der Waals surface area (Å²) in [5, 5.41) is 11.5. The molecule has 0 atom stereocenters. The average molecular weight is 452 g/mol. The van der Waals surface area contributed by atoms with Gasteiger partial charge in [0.1, 0.15) is 12.7 Å². The van der Waals surface area contributed by atoms with Gasteiger partial charge in [0.2, 0.25) is 0 Å². The summed E-state index contributed by atoms with van der Waals surface area (Å²) in [7, 11) is 0. The van der Waals surface area contributed by atoms with Crippen LogP contribution < -0.4 is 5.32 Å². The van der Waals surface area contributed by atoms with E-state index in [-0.39, 0.29) is 5.56 Å². The zero-order valence-electron chi connectivity index (χ0n) is 17.2. The fraction of sp³-hybridized carbons (Fsp3) is 0.143. The van der Waals surface area contributed by atoms with Crippen LogP contribution in [0.3, 0.4) is 0 Å². The van der Waals surface area contributed by atoms with Gasteiger partial charge in [0.15, 0.2) is 12.4 Å². The third-order valence-electron chi connectivity index (χ3n) is 4.44. The van der Waals surface area contributed by atoms with E-state index in [0.717, 1.165) is 11.4 Å². The third kappa shape index (κ3) is 4.65. The molecule has 4 rings (SSSR count). The summed E-state index contributed by atoms with van der Waals surface area (Å²) >= 11 is 6.04. The van der Waals surface area contributed by atoms with Gasteiger partial charge < -0.3 is 10.1 Å². The van der Waals surface area contributed by atoms with Gasteiger partial charge >= 0.3 is 5.97 Å². The number of hydrogen-bond acceptors (Lipinski definition) is 7. The number of ether oxygens (including phenoxy) is 1. The highest BCUT2D eigenvalue weighted by molar-refractivity contribution is 6.31. The van der Waals surface area contributed by atoms with E-state index in [1.165, 1.54) is 23.5 Å². The van der Waals surface area contributed by atoms with Crippen molar-refractivity contribution in [2.75, 3.05) is 11.9 Å². The molecule has 11 heteroatoms. The molecule has 1 amide bonds. The Morgan fingerprint density at radius 2 is 2.00 bits per heavy atom. The monoisotopic (exact) mass is 451 g/mol. The molecule has 10 nitrogen and oxygen atoms in total. The SMILES string of the molecule is Cc1cc(C)n(-c2ccc(C(=O)OCC(=O)Nc3cc(Cl)ccc3-n3cncn3)cn2)n1. The number of aromatic nitrogens is 6. The first kappa shape index (κ1) is 21.2. The van der Waals surface area contributed by atoms with E-state index in [2.05, 4.69) is 25.5 Å². The maximum atomic E-state index is 12.4. The number of anilines is 1. The van der Waals surface area contributed by atoms with Crippen LogP contribution in [0.25, 0.3) is 11.5 Å². The Bertz CT molecular complexity index is 1270. The molecular formula is C21H18ClN7O3. The van der Waals surface area contributed by atoms with Crippen LogP contribution >= 0.6 is 11.6 Å². The normalized spacial score (nSPS) is 10.7. The van der Waals surface area contributed by atoms with E-state index in [4.69, 9.17) is 16.3 Å². The molecule has 3 aromatic heterocycles. The number of pyridine rings is 1. The van der Waals surface area contributed by atoms with Crippen LogP contribution in [0.2, 0.25) is 5.02 Å². The number of carbonyl (C=O) groups excluding carboxylic acids is 2. The zero-order valence-corrected chi connectivity index (χ0v) is 17.9. The minimum atomic E-state index is -0.671. The quantitative estimate of drug-likeness (QED) is 0.448. The Kier molecular flexibility index (Phi) is 5.95. The van der Waals surface area contributed by atoms with E-state index in [0.29, 0.717) is 22.2 Å². The van der Waals surface area contributed by atoms with Gasteiger partial charge in [0.05, 0.1) is 22.6 Å². The van der Waals surface area contributed by atoms with Crippen molar-refractivity contribution < 1.29 is 14.3 Å². The van der Waals surface area contributed by atoms with Gasteiger partial charge in [-0.05, 0) is 50.2 Å². The predicted octanol–water partition coefficient (Wildman–Crippen LogP) is 2.91. The number of rotatable bonds is 6. The lowest BCUT2D eigenvalue weighted by Crippen LogP contribution is -2.22. The lowest BCUT2D eigenvalue weighted by Gasteiger charge is -2.11. The lowest BCUT2D eigenvalue weighted by molar-refractivity contribution is -0.119. The number of nitrogens with one attached hydrogen (secondary N) is 1. The third-order valence-corrected chi connectivity index (χ3v) is 4.68. The maximum Gasteiger partial charge on any atom is 0.340 e. The molecule has 162 valence electrons. The second-order valence-electron chi connectivity index (χ2n) is 6.87. The van der Waals surface area contributed by atoms with Crippen LogP contribution in [-0.2, 0) is 9.53 Å². The zero-order chi connectivity index (χ0) is 22.7. The van der Waals surface area contributed by atoms with E-state index in [1.807, 2.05) is 19.9 Å². The molecule has 0 radical (unpaired) electrons. The van der Waals surface area contributed by atoms with Gasteiger partial charge in [-0.1, -0.05) is 11.6 Å². The molecule has 0 aliphatic heterocycles. The van der Waals surface area contributed by atoms with Crippen molar-refractivity contribution in [2.24, 2.45) is 0 Å². The molecule has 0 fully saturated rings. The second-order valence-corrected chi connectivity index (χ2v) is 7.31. The Morgan fingerprint density at radius 1 is 1.16 bits per heavy atom. The van der Waals surface area contributed by atoms with Crippen molar-refractivity contribution in [1.29, 1.82) is 0 Å². The number of hydrogen-bond donors (Lipinski definition) is 1. The van der Waals surface area contributed by atoms with Crippen molar-refractivity contribution in [3.63, 3.8) is 0 Å². The Morgan fingerprint density at radius 3 is 2.66 bits per heavy atom. The van der Waals surface area contributed by atoms with Crippen molar-refractivity contribution in [3.8, 4) is 11.5 Å². The van der Waals surface area contributed by atoms with Gasteiger partial charge in [0, 0.05) is 16.9 Å². The predicted molar refractivity (Wildman–Crippen MR) is 116 cm³/mol. The Labute approximate surface area is 187 Å². The number of nitrogens with zero attached hydrogens (tertiary/aromatic N) is 6. The van der Waals surface area contributed by atoms with Crippen LogP contribution in [0, 0.1) is 13.8 Å². The summed E-state index contributed by atoms with van der Waals surface area (Å²) in [6.07, 6.45) is 4.24. The Balaban J connectivity index is 1.39. The van der Waals surface area contributed by atoms with Gasteiger partial charge in [-0.3, -0.25) is 4.79 Å². The molecular weight excluding hydrogens is 434 g/mol. The summed E-state index contributed by atoms with van der Waals surface area (Å²) in [6, 6.07) is 10.1. The minimum absolute atomic E-state index is 0.217. The van der Waals surface area contributed by atoms with E-state index in [9.17, 15) is 9.59 Å². The fourth-order valence-corrected chi connectivity index (χ4v) is 3.21. The Hall–Kier alpha value is -4.05. The van der Waals surface area contributed by atoms with Crippen LogP contribution in [0.1, 0.15) is 21.7 Å². The van der Waals surface area contributed by atoms with E-state index in [1.54, 1.807) is 35.0 Å². The molecule has 0 aliphatic rings. The smallest absolute Gasteiger partial charge is 0.340 e. The highest BCUT2D eigenvalue weighted by atomic mass is 35.5. The van der Waals surface area contributed by atoms with Crippen molar-refractivity contribution >= 4 is 29.2 Å². The number of halogens is 1. The molecule has 32 heavy (non-hydrogen) atoms. The van der Waals surface area contributed by atoms with E-state index >= 15 is 0 Å². The van der Waals surface area contributed by atoms with Crippen LogP contribution in [0.5, 0.6) is 0 Å². The van der Waals surface area contributed by atoms with Crippen LogP contribution in [-0.4, -0.2) is 48.0 Å². The maximum absolute atomic E-state index is 12.4. The molecule has 0 aliphatic carbocycles. The largest absolute Gasteiger partial charge is 0.452 e. The van der Waals surface area contributed by atoms with E-state index < -0.39 is 18.5 Å². The summed E-state index contributed by atoms with van der Waals surface area (Å²) in [5.41, 5.74) is 2.98. The van der Waals surface area contributed by atoms with Crippen molar-refractivity contribution in [1.82, 2.24) is 29.5 Å². The molecule has 4 aromatic rings. The van der Waals surface area contributed by atoms with Crippen molar-refractivity contribution in [3.05, 3.63) is 77.2 Å². The molecule has 0 spiro atoms. The van der Waals surface area contributed by atoms with Crippen molar-refractivity contribution in [2.45, 2.75) is 13.8 Å². The summed E-state index contributed by atoms with van der Waals surface area (Å²) in [4.78, 5) is 32.8. The molecule has 0 bridgehead atoms. The molecule has 0 unspecified atom stereocenters. The first-order valence-electron chi connectivity index (χ1n) is 9.52. The highest BCUT2D eigenvalue weighted by Gasteiger charge is 2.14. The standard InChI is InChI=1S/C21H18ClN7O3/c1-13-7-14(2)29(27-13)19-6-3-15(9-24-19)21(31)32-10-20(30)26-17-8-16(22)4-5-18(17)28-12-23-11-25-28/h3-9,11-12H,10H2,1-2H3,(H,26,30). The topological polar surface area (TPSA) is 117 Å². The molecule has 0 saturated heterocycles. The highest BCUT2D eigenvalue weighted by Crippen LogP contribution is 2.24. The average Bonchev–Trinajstić information content (AvgIpc) is 3.42. The molecule has 0 saturated carbocycles. The number of esters is 1. The second kappa shape index (κ2) is 8.98. The first-order chi connectivity index (χ1) is 15.4. The molecule has 3 heterocycles. The summed E-state index contributed by atoms with van der Waals surface area (Å²) < 4.78 is 8.27. The molecule has 1 N–H and O–H groups in total. The lowest BCUT2D eigenvalue weighted by atomic mass is 10.2. The fourth-order valence-electron chi connectivity index (χ4n) is 3.03.